The lowest BCUT2D eigenvalue weighted by Gasteiger charge is -2.29. The van der Waals surface area contributed by atoms with Gasteiger partial charge in [-0.25, -0.2) is 12.7 Å². The second-order valence-corrected chi connectivity index (χ2v) is 6.74. The summed E-state index contributed by atoms with van der Waals surface area (Å²) in [6.45, 7) is 3.57. The molecule has 0 spiro atoms. The first-order valence-corrected chi connectivity index (χ1v) is 7.37. The van der Waals surface area contributed by atoms with Gasteiger partial charge in [0.1, 0.15) is 4.66 Å². The van der Waals surface area contributed by atoms with E-state index in [1.807, 2.05) is 0 Å². The van der Waals surface area contributed by atoms with E-state index in [2.05, 4.69) is 22.9 Å². The number of hydrogen-bond acceptors (Lipinski definition) is 2. The lowest BCUT2D eigenvalue weighted by Crippen LogP contribution is -2.38. The summed E-state index contributed by atoms with van der Waals surface area (Å²) in [6, 6.07) is 0. The maximum absolute atomic E-state index is 11.4. The van der Waals surface area contributed by atoms with Crippen molar-refractivity contribution in [3.8, 4) is 0 Å². The lowest BCUT2D eigenvalue weighted by molar-refractivity contribution is 0.270. The van der Waals surface area contributed by atoms with Crippen LogP contribution in [0.25, 0.3) is 0 Å². The van der Waals surface area contributed by atoms with Crippen LogP contribution in [0.3, 0.4) is 0 Å². The van der Waals surface area contributed by atoms with Crippen LogP contribution in [0.2, 0.25) is 0 Å². The molecule has 1 saturated heterocycles. The molecule has 0 bridgehead atoms. The Morgan fingerprint density at radius 3 is 2.31 bits per heavy atom. The third kappa shape index (κ3) is 2.92. The maximum atomic E-state index is 11.4. The molecule has 5 heteroatoms. The second kappa shape index (κ2) is 4.75. The average Bonchev–Trinajstić information content (AvgIpc) is 2.18. The first-order valence-electron chi connectivity index (χ1n) is 4.64. The Balaban J connectivity index is 2.50. The zero-order valence-electron chi connectivity index (χ0n) is 7.87. The zero-order valence-corrected chi connectivity index (χ0v) is 10.3. The van der Waals surface area contributed by atoms with Crippen LogP contribution in [0.1, 0.15) is 26.2 Å². The van der Waals surface area contributed by atoms with Gasteiger partial charge in [0, 0.05) is 13.1 Å². The molecular formula is C8H16BrNO2S. The molecule has 78 valence electrons. The largest absolute Gasteiger partial charge is 0.224 e. The second-order valence-electron chi connectivity index (χ2n) is 3.47. The first kappa shape index (κ1) is 11.5. The van der Waals surface area contributed by atoms with Crippen LogP contribution >= 0.6 is 15.9 Å². The van der Waals surface area contributed by atoms with Crippen LogP contribution in [0.15, 0.2) is 0 Å². The van der Waals surface area contributed by atoms with Gasteiger partial charge >= 0.3 is 0 Å². The van der Waals surface area contributed by atoms with E-state index in [9.17, 15) is 8.42 Å². The number of hydrogen-bond donors (Lipinski definition) is 0. The fraction of sp³-hybridized carbons (Fsp3) is 1.00. The van der Waals surface area contributed by atoms with E-state index in [4.69, 9.17) is 0 Å². The summed E-state index contributed by atoms with van der Waals surface area (Å²) in [7, 11) is -3.00. The van der Waals surface area contributed by atoms with E-state index in [-0.39, 0.29) is 4.66 Å². The van der Waals surface area contributed by atoms with Crippen molar-refractivity contribution in [2.75, 3.05) is 17.8 Å². The Labute approximate surface area is 88.7 Å². The third-order valence-corrected chi connectivity index (χ3v) is 5.85. The van der Waals surface area contributed by atoms with Gasteiger partial charge in [-0.15, -0.1) is 0 Å². The number of piperidine rings is 1. The van der Waals surface area contributed by atoms with Crippen molar-refractivity contribution in [2.24, 2.45) is 5.92 Å². The van der Waals surface area contributed by atoms with Crippen LogP contribution in [0, 0.1) is 5.92 Å². The van der Waals surface area contributed by atoms with Crippen LogP contribution in [-0.4, -0.2) is 30.5 Å². The molecule has 13 heavy (non-hydrogen) atoms. The fourth-order valence-electron chi connectivity index (χ4n) is 1.66. The highest BCUT2D eigenvalue weighted by Crippen LogP contribution is 2.22. The number of halogens is 1. The molecule has 1 fully saturated rings. The van der Waals surface area contributed by atoms with Crippen molar-refractivity contribution in [3.05, 3.63) is 0 Å². The minimum atomic E-state index is -3.00. The van der Waals surface area contributed by atoms with E-state index < -0.39 is 10.0 Å². The molecule has 1 heterocycles. The number of nitrogens with zero attached hydrogens (tertiary/aromatic N) is 1. The van der Waals surface area contributed by atoms with E-state index in [1.54, 1.807) is 4.31 Å². The van der Waals surface area contributed by atoms with Gasteiger partial charge in [-0.05, 0) is 18.8 Å². The summed E-state index contributed by atoms with van der Waals surface area (Å²) in [5.41, 5.74) is 0. The van der Waals surface area contributed by atoms with Crippen LogP contribution in [0.5, 0.6) is 0 Å². The predicted octanol–water partition coefficient (Wildman–Crippen LogP) is 1.79. The van der Waals surface area contributed by atoms with Gasteiger partial charge in [0.15, 0.2) is 0 Å². The van der Waals surface area contributed by atoms with Gasteiger partial charge in [-0.2, -0.15) is 0 Å². The standard InChI is InChI=1S/C8H16BrNO2S/c1-2-8-3-5-10(6-4-8)13(11,12)7-9/h8H,2-7H2,1H3. The molecule has 0 atom stereocenters. The third-order valence-electron chi connectivity index (χ3n) is 2.68. The molecule has 0 radical (unpaired) electrons. The number of rotatable bonds is 3. The Morgan fingerprint density at radius 1 is 1.38 bits per heavy atom. The van der Waals surface area contributed by atoms with Crippen molar-refractivity contribution in [1.29, 1.82) is 0 Å². The molecule has 0 saturated carbocycles. The molecule has 1 aliphatic heterocycles. The number of sulfonamides is 1. The van der Waals surface area contributed by atoms with Gasteiger partial charge in [0.2, 0.25) is 10.0 Å². The Kier molecular flexibility index (Phi) is 4.19. The van der Waals surface area contributed by atoms with Gasteiger partial charge in [0.05, 0.1) is 0 Å². The molecule has 0 unspecified atom stereocenters. The predicted molar refractivity (Wildman–Crippen MR) is 57.3 cm³/mol. The Bertz CT molecular complexity index is 245. The van der Waals surface area contributed by atoms with Gasteiger partial charge in [0.25, 0.3) is 0 Å². The normalized spacial score (nSPS) is 22.0. The fourth-order valence-corrected chi connectivity index (χ4v) is 3.44. The van der Waals surface area contributed by atoms with E-state index in [0.29, 0.717) is 13.1 Å². The molecule has 0 aliphatic carbocycles. The molecule has 0 aromatic rings. The molecule has 0 aromatic heterocycles. The smallest absolute Gasteiger partial charge is 0.211 e. The summed E-state index contributed by atoms with van der Waals surface area (Å²) in [4.78, 5) is 0. The molecule has 1 rings (SSSR count). The Hall–Kier alpha value is 0.390. The van der Waals surface area contributed by atoms with Gasteiger partial charge in [-0.3, -0.25) is 0 Å². The van der Waals surface area contributed by atoms with Crippen molar-refractivity contribution in [1.82, 2.24) is 4.31 Å². The summed E-state index contributed by atoms with van der Waals surface area (Å²) in [5.74, 6) is 0.724. The summed E-state index contributed by atoms with van der Waals surface area (Å²) in [5, 5.41) is 0. The van der Waals surface area contributed by atoms with E-state index >= 15 is 0 Å². The highest BCUT2D eigenvalue weighted by Gasteiger charge is 2.25. The summed E-state index contributed by atoms with van der Waals surface area (Å²) in [6.07, 6.45) is 3.20. The molecule has 1 aliphatic rings. The van der Waals surface area contributed by atoms with Gasteiger partial charge in [-0.1, -0.05) is 29.3 Å². The number of alkyl halides is 1. The molecule has 0 N–H and O–H groups in total. The highest BCUT2D eigenvalue weighted by molar-refractivity contribution is 9.10. The molecule has 0 amide bonds. The minimum Gasteiger partial charge on any atom is -0.211 e. The maximum Gasteiger partial charge on any atom is 0.224 e. The zero-order chi connectivity index (χ0) is 9.90. The first-order chi connectivity index (χ1) is 6.10. The van der Waals surface area contributed by atoms with E-state index in [1.165, 1.54) is 6.42 Å². The SMILES string of the molecule is CCC1CCN(S(=O)(=O)CBr)CC1. The molecule has 3 nitrogen and oxygen atoms in total. The average molecular weight is 270 g/mol. The minimum absolute atomic E-state index is 0.0524. The Morgan fingerprint density at radius 2 is 1.92 bits per heavy atom. The van der Waals surface area contributed by atoms with Crippen LogP contribution < -0.4 is 0 Å². The van der Waals surface area contributed by atoms with Crippen molar-refractivity contribution in [3.63, 3.8) is 0 Å². The quantitative estimate of drug-likeness (QED) is 0.733. The van der Waals surface area contributed by atoms with Crippen molar-refractivity contribution >= 4 is 26.0 Å². The van der Waals surface area contributed by atoms with Crippen molar-refractivity contribution in [2.45, 2.75) is 26.2 Å². The van der Waals surface area contributed by atoms with Crippen LogP contribution in [-0.2, 0) is 10.0 Å². The topological polar surface area (TPSA) is 37.4 Å². The molecular weight excluding hydrogens is 254 g/mol. The monoisotopic (exact) mass is 269 g/mol. The summed E-state index contributed by atoms with van der Waals surface area (Å²) >= 11 is 3.01. The van der Waals surface area contributed by atoms with Crippen molar-refractivity contribution < 1.29 is 8.42 Å². The lowest BCUT2D eigenvalue weighted by atomic mass is 9.96. The molecule has 0 aromatic carbocycles. The summed E-state index contributed by atoms with van der Waals surface area (Å²) < 4.78 is 24.5. The highest BCUT2D eigenvalue weighted by atomic mass is 79.9. The van der Waals surface area contributed by atoms with E-state index in [0.717, 1.165) is 18.8 Å². The van der Waals surface area contributed by atoms with Gasteiger partial charge < -0.3 is 0 Å². The van der Waals surface area contributed by atoms with Crippen LogP contribution in [0.4, 0.5) is 0 Å².